The lowest BCUT2D eigenvalue weighted by Crippen LogP contribution is -1.98. The SMILES string of the molecule is C=C/C=C/OC(=O)C(=C)C. The van der Waals surface area contributed by atoms with Gasteiger partial charge in [0.1, 0.15) is 0 Å². The van der Waals surface area contributed by atoms with Crippen LogP contribution < -0.4 is 0 Å². The Hall–Kier alpha value is -1.31. The fourth-order valence-electron chi connectivity index (χ4n) is 0.257. The third kappa shape index (κ3) is 3.66. The molecule has 0 rings (SSSR count). The van der Waals surface area contributed by atoms with E-state index in [-0.39, 0.29) is 0 Å². The molecule has 0 unspecified atom stereocenters. The Morgan fingerprint density at radius 1 is 1.60 bits per heavy atom. The lowest BCUT2D eigenvalue weighted by atomic mass is 10.4. The van der Waals surface area contributed by atoms with Crippen molar-refractivity contribution in [1.82, 2.24) is 0 Å². The monoisotopic (exact) mass is 138 g/mol. The van der Waals surface area contributed by atoms with Crippen LogP contribution in [0, 0.1) is 0 Å². The maximum atomic E-state index is 10.6. The van der Waals surface area contributed by atoms with Crippen LogP contribution >= 0.6 is 0 Å². The van der Waals surface area contributed by atoms with Gasteiger partial charge in [-0.3, -0.25) is 0 Å². The number of rotatable bonds is 3. The molecule has 0 aliphatic carbocycles. The normalized spacial score (nSPS) is 9.30. The van der Waals surface area contributed by atoms with Crippen LogP contribution in [0.1, 0.15) is 6.92 Å². The van der Waals surface area contributed by atoms with Gasteiger partial charge < -0.3 is 4.74 Å². The maximum Gasteiger partial charge on any atom is 0.337 e. The summed E-state index contributed by atoms with van der Waals surface area (Å²) in [7, 11) is 0. The van der Waals surface area contributed by atoms with Crippen molar-refractivity contribution in [2.75, 3.05) is 0 Å². The van der Waals surface area contributed by atoms with Crippen molar-refractivity contribution in [3.05, 3.63) is 37.1 Å². The lowest BCUT2D eigenvalue weighted by Gasteiger charge is -1.93. The molecule has 0 spiro atoms. The lowest BCUT2D eigenvalue weighted by molar-refractivity contribution is -0.133. The number of carbonyl (C=O) groups excluding carboxylic acids is 1. The van der Waals surface area contributed by atoms with E-state index in [0.717, 1.165) is 0 Å². The van der Waals surface area contributed by atoms with E-state index in [1.807, 2.05) is 0 Å². The molecular weight excluding hydrogens is 128 g/mol. The largest absolute Gasteiger partial charge is 0.431 e. The molecular formula is C8H10O2. The molecule has 0 aliphatic rings. The zero-order chi connectivity index (χ0) is 7.98. The van der Waals surface area contributed by atoms with Crippen LogP contribution in [0.5, 0.6) is 0 Å². The zero-order valence-corrected chi connectivity index (χ0v) is 5.96. The van der Waals surface area contributed by atoms with Gasteiger partial charge in [0.2, 0.25) is 0 Å². The fraction of sp³-hybridized carbons (Fsp3) is 0.125. The van der Waals surface area contributed by atoms with Crippen LogP contribution in [0.25, 0.3) is 0 Å². The van der Waals surface area contributed by atoms with E-state index in [1.54, 1.807) is 6.92 Å². The molecule has 0 heterocycles. The summed E-state index contributed by atoms with van der Waals surface area (Å²) in [6.45, 7) is 8.39. The Kier molecular flexibility index (Phi) is 3.96. The number of esters is 1. The van der Waals surface area contributed by atoms with Crippen molar-refractivity contribution in [3.63, 3.8) is 0 Å². The summed E-state index contributed by atoms with van der Waals surface area (Å²) in [5, 5.41) is 0. The molecule has 0 bridgehead atoms. The second-order valence-corrected chi connectivity index (χ2v) is 1.75. The van der Waals surface area contributed by atoms with Gasteiger partial charge in [-0.25, -0.2) is 4.79 Å². The van der Waals surface area contributed by atoms with Crippen molar-refractivity contribution in [2.45, 2.75) is 6.92 Å². The predicted molar refractivity (Wildman–Crippen MR) is 40.2 cm³/mol. The first kappa shape index (κ1) is 8.69. The molecule has 2 heteroatoms. The summed E-state index contributed by atoms with van der Waals surface area (Å²) in [6.07, 6.45) is 4.32. The molecule has 54 valence electrons. The van der Waals surface area contributed by atoms with Crippen molar-refractivity contribution in [2.24, 2.45) is 0 Å². The summed E-state index contributed by atoms with van der Waals surface area (Å²) >= 11 is 0. The van der Waals surface area contributed by atoms with Crippen LogP contribution in [-0.2, 0) is 9.53 Å². The summed E-state index contributed by atoms with van der Waals surface area (Å²) < 4.78 is 4.55. The maximum absolute atomic E-state index is 10.6. The van der Waals surface area contributed by atoms with Crippen LogP contribution in [0.15, 0.2) is 37.1 Å². The molecule has 0 fully saturated rings. The smallest absolute Gasteiger partial charge is 0.337 e. The van der Waals surface area contributed by atoms with E-state index < -0.39 is 5.97 Å². The third-order valence-corrected chi connectivity index (χ3v) is 0.738. The van der Waals surface area contributed by atoms with E-state index in [4.69, 9.17) is 0 Å². The van der Waals surface area contributed by atoms with Gasteiger partial charge in [-0.05, 0) is 13.0 Å². The number of hydrogen-bond donors (Lipinski definition) is 0. The van der Waals surface area contributed by atoms with Crippen molar-refractivity contribution < 1.29 is 9.53 Å². The molecule has 0 saturated carbocycles. The summed E-state index contributed by atoms with van der Waals surface area (Å²) in [6, 6.07) is 0. The highest BCUT2D eigenvalue weighted by Crippen LogP contribution is 1.91. The highest BCUT2D eigenvalue weighted by molar-refractivity contribution is 5.87. The van der Waals surface area contributed by atoms with E-state index >= 15 is 0 Å². The van der Waals surface area contributed by atoms with Crippen molar-refractivity contribution in [1.29, 1.82) is 0 Å². The Morgan fingerprint density at radius 3 is 2.60 bits per heavy atom. The fourth-order valence-corrected chi connectivity index (χ4v) is 0.257. The minimum atomic E-state index is -0.418. The van der Waals surface area contributed by atoms with Gasteiger partial charge in [-0.1, -0.05) is 19.2 Å². The molecule has 0 N–H and O–H groups in total. The van der Waals surface area contributed by atoms with Gasteiger partial charge in [0.15, 0.2) is 0 Å². The first-order valence-corrected chi connectivity index (χ1v) is 2.82. The first-order valence-electron chi connectivity index (χ1n) is 2.82. The molecule has 0 aromatic rings. The molecule has 0 amide bonds. The molecule has 0 aromatic heterocycles. The van der Waals surface area contributed by atoms with Crippen LogP contribution in [0.4, 0.5) is 0 Å². The molecule has 0 aliphatic heterocycles. The third-order valence-electron chi connectivity index (χ3n) is 0.738. The van der Waals surface area contributed by atoms with Gasteiger partial charge in [0.05, 0.1) is 6.26 Å². The summed E-state index contributed by atoms with van der Waals surface area (Å²) in [5.41, 5.74) is 0.383. The van der Waals surface area contributed by atoms with Gasteiger partial charge in [-0.15, -0.1) is 0 Å². The number of allylic oxidation sites excluding steroid dienone is 2. The van der Waals surface area contributed by atoms with Crippen LogP contribution in [0.3, 0.4) is 0 Å². The van der Waals surface area contributed by atoms with Crippen molar-refractivity contribution >= 4 is 5.97 Å². The minimum absolute atomic E-state index is 0.383. The van der Waals surface area contributed by atoms with Crippen molar-refractivity contribution in [3.8, 4) is 0 Å². The zero-order valence-electron chi connectivity index (χ0n) is 5.96. The van der Waals surface area contributed by atoms with E-state index in [2.05, 4.69) is 17.9 Å². The second-order valence-electron chi connectivity index (χ2n) is 1.75. The average molecular weight is 138 g/mol. The first-order chi connectivity index (χ1) is 4.68. The molecule has 10 heavy (non-hydrogen) atoms. The predicted octanol–water partition coefficient (Wildman–Crippen LogP) is 1.81. The van der Waals surface area contributed by atoms with Gasteiger partial charge in [0.25, 0.3) is 0 Å². The average Bonchev–Trinajstić information content (AvgIpc) is 1.88. The molecule has 2 nitrogen and oxygen atoms in total. The van der Waals surface area contributed by atoms with Crippen LogP contribution in [0.2, 0.25) is 0 Å². The Bertz CT molecular complexity index is 178. The summed E-state index contributed by atoms with van der Waals surface area (Å²) in [5.74, 6) is -0.418. The quantitative estimate of drug-likeness (QED) is 0.257. The summed E-state index contributed by atoms with van der Waals surface area (Å²) in [4.78, 5) is 10.6. The Balaban J connectivity index is 3.70. The van der Waals surface area contributed by atoms with E-state index in [0.29, 0.717) is 5.57 Å². The standard InChI is InChI=1S/C8H10O2/c1-4-5-6-10-8(9)7(2)3/h4-6H,1-2H2,3H3/b6-5+. The number of hydrogen-bond acceptors (Lipinski definition) is 2. The molecule has 0 saturated heterocycles. The van der Waals surface area contributed by atoms with Gasteiger partial charge >= 0.3 is 5.97 Å². The molecule has 0 aromatic carbocycles. The Morgan fingerprint density at radius 2 is 2.20 bits per heavy atom. The second kappa shape index (κ2) is 4.56. The topological polar surface area (TPSA) is 26.3 Å². The number of carbonyl (C=O) groups is 1. The molecule has 0 radical (unpaired) electrons. The van der Waals surface area contributed by atoms with Crippen LogP contribution in [-0.4, -0.2) is 5.97 Å². The minimum Gasteiger partial charge on any atom is -0.431 e. The molecule has 0 atom stereocenters. The van der Waals surface area contributed by atoms with Gasteiger partial charge in [-0.2, -0.15) is 0 Å². The van der Waals surface area contributed by atoms with E-state index in [1.165, 1.54) is 18.4 Å². The highest BCUT2D eigenvalue weighted by Gasteiger charge is 1.97. The number of ether oxygens (including phenoxy) is 1. The highest BCUT2D eigenvalue weighted by atomic mass is 16.5. The van der Waals surface area contributed by atoms with Gasteiger partial charge in [0, 0.05) is 5.57 Å². The Labute approximate surface area is 60.5 Å². The van der Waals surface area contributed by atoms with E-state index in [9.17, 15) is 4.79 Å².